The minimum absolute atomic E-state index is 0.0326. The van der Waals surface area contributed by atoms with Crippen LogP contribution < -0.4 is 5.73 Å². The van der Waals surface area contributed by atoms with E-state index in [1.54, 1.807) is 7.11 Å². The molecule has 2 N–H and O–H groups in total. The first kappa shape index (κ1) is 13.1. The van der Waals surface area contributed by atoms with Crippen LogP contribution in [0.4, 0.5) is 0 Å². The molecule has 0 aliphatic rings. The van der Waals surface area contributed by atoms with Crippen LogP contribution in [0.2, 0.25) is 0 Å². The van der Waals surface area contributed by atoms with Gasteiger partial charge in [0.1, 0.15) is 5.69 Å². The third-order valence-corrected chi connectivity index (χ3v) is 3.09. The standard InChI is InChI=1S/C11H22N4O/c1-7(2)8(3)15-11(9(4)16-5)10(6-12)13-14-15/h7-9H,6,12H2,1-5H3. The van der Waals surface area contributed by atoms with Crippen molar-refractivity contribution in [2.45, 2.75) is 46.4 Å². The topological polar surface area (TPSA) is 66.0 Å². The molecule has 0 fully saturated rings. The molecule has 2 unspecified atom stereocenters. The number of nitrogens with two attached hydrogens (primary N) is 1. The molecule has 1 aromatic rings. The lowest BCUT2D eigenvalue weighted by Gasteiger charge is -2.21. The minimum Gasteiger partial charge on any atom is -0.375 e. The largest absolute Gasteiger partial charge is 0.375 e. The summed E-state index contributed by atoms with van der Waals surface area (Å²) < 4.78 is 7.28. The molecule has 0 bridgehead atoms. The molecule has 0 aromatic carbocycles. The Hall–Kier alpha value is -0.940. The average Bonchev–Trinajstić information content (AvgIpc) is 2.70. The van der Waals surface area contributed by atoms with E-state index in [2.05, 4.69) is 31.1 Å². The number of nitrogens with zero attached hydrogens (tertiary/aromatic N) is 3. The lowest BCUT2D eigenvalue weighted by atomic mass is 10.1. The average molecular weight is 226 g/mol. The van der Waals surface area contributed by atoms with Crippen LogP contribution in [0.15, 0.2) is 0 Å². The van der Waals surface area contributed by atoms with Crippen LogP contribution in [0.3, 0.4) is 0 Å². The number of ether oxygens (including phenoxy) is 1. The highest BCUT2D eigenvalue weighted by atomic mass is 16.5. The van der Waals surface area contributed by atoms with Gasteiger partial charge in [0.25, 0.3) is 0 Å². The van der Waals surface area contributed by atoms with Crippen molar-refractivity contribution in [1.82, 2.24) is 15.0 Å². The zero-order valence-electron chi connectivity index (χ0n) is 10.8. The predicted octanol–water partition coefficient (Wildman–Crippen LogP) is 1.66. The van der Waals surface area contributed by atoms with E-state index in [0.717, 1.165) is 11.4 Å². The third kappa shape index (κ3) is 2.41. The fraction of sp³-hybridized carbons (Fsp3) is 0.818. The second-order valence-corrected chi connectivity index (χ2v) is 4.43. The van der Waals surface area contributed by atoms with Crippen molar-refractivity contribution in [3.63, 3.8) is 0 Å². The van der Waals surface area contributed by atoms with Gasteiger partial charge in [-0.1, -0.05) is 19.1 Å². The molecule has 0 aliphatic carbocycles. The molecule has 92 valence electrons. The summed E-state index contributed by atoms with van der Waals surface area (Å²) in [5.74, 6) is 0.495. The first-order valence-electron chi connectivity index (χ1n) is 5.69. The van der Waals surface area contributed by atoms with Crippen LogP contribution in [0.25, 0.3) is 0 Å². The normalized spacial score (nSPS) is 15.4. The fourth-order valence-corrected chi connectivity index (χ4v) is 1.59. The van der Waals surface area contributed by atoms with Crippen LogP contribution in [-0.2, 0) is 11.3 Å². The maximum atomic E-state index is 5.66. The van der Waals surface area contributed by atoms with Crippen molar-refractivity contribution < 1.29 is 4.74 Å². The Kier molecular flexibility index (Phi) is 4.44. The molecule has 0 amide bonds. The molecule has 0 saturated heterocycles. The fourth-order valence-electron chi connectivity index (χ4n) is 1.59. The maximum absolute atomic E-state index is 5.66. The first-order valence-corrected chi connectivity index (χ1v) is 5.69. The van der Waals surface area contributed by atoms with Gasteiger partial charge in [-0.05, 0) is 19.8 Å². The molecule has 16 heavy (non-hydrogen) atoms. The van der Waals surface area contributed by atoms with Crippen molar-refractivity contribution in [1.29, 1.82) is 0 Å². The Balaban J connectivity index is 3.14. The van der Waals surface area contributed by atoms with Crippen LogP contribution >= 0.6 is 0 Å². The van der Waals surface area contributed by atoms with Gasteiger partial charge in [0.2, 0.25) is 0 Å². The second kappa shape index (κ2) is 5.41. The summed E-state index contributed by atoms with van der Waals surface area (Å²) >= 11 is 0. The summed E-state index contributed by atoms with van der Waals surface area (Å²) in [7, 11) is 1.68. The molecule has 2 atom stereocenters. The molecular formula is C11H22N4O. The molecule has 5 nitrogen and oxygen atoms in total. The van der Waals surface area contributed by atoms with Crippen LogP contribution in [0.5, 0.6) is 0 Å². The quantitative estimate of drug-likeness (QED) is 0.829. The molecule has 0 spiro atoms. The van der Waals surface area contributed by atoms with Gasteiger partial charge >= 0.3 is 0 Å². The Morgan fingerprint density at radius 3 is 2.38 bits per heavy atom. The Labute approximate surface area is 97.0 Å². The number of hydrogen-bond acceptors (Lipinski definition) is 4. The number of rotatable bonds is 5. The van der Waals surface area contributed by atoms with Crippen molar-refractivity contribution in [3.05, 3.63) is 11.4 Å². The van der Waals surface area contributed by atoms with Gasteiger partial charge in [-0.3, -0.25) is 0 Å². The van der Waals surface area contributed by atoms with E-state index in [1.165, 1.54) is 0 Å². The van der Waals surface area contributed by atoms with Crippen molar-refractivity contribution >= 4 is 0 Å². The van der Waals surface area contributed by atoms with E-state index in [1.807, 2.05) is 11.6 Å². The summed E-state index contributed by atoms with van der Waals surface area (Å²) in [6.45, 7) is 8.84. The van der Waals surface area contributed by atoms with E-state index < -0.39 is 0 Å². The van der Waals surface area contributed by atoms with Gasteiger partial charge < -0.3 is 10.5 Å². The number of hydrogen-bond donors (Lipinski definition) is 1. The van der Waals surface area contributed by atoms with Crippen molar-refractivity contribution in [3.8, 4) is 0 Å². The van der Waals surface area contributed by atoms with Crippen LogP contribution in [0.1, 0.15) is 51.2 Å². The highest BCUT2D eigenvalue weighted by molar-refractivity contribution is 5.13. The van der Waals surface area contributed by atoms with Gasteiger partial charge in [-0.2, -0.15) is 0 Å². The lowest BCUT2D eigenvalue weighted by molar-refractivity contribution is 0.107. The maximum Gasteiger partial charge on any atom is 0.102 e. The molecule has 0 radical (unpaired) electrons. The van der Waals surface area contributed by atoms with Crippen LogP contribution in [0, 0.1) is 5.92 Å². The van der Waals surface area contributed by atoms with E-state index in [-0.39, 0.29) is 6.10 Å². The van der Waals surface area contributed by atoms with Gasteiger partial charge in [0.05, 0.1) is 17.8 Å². The molecule has 1 aromatic heterocycles. The molecule has 0 saturated carbocycles. The zero-order chi connectivity index (χ0) is 12.3. The minimum atomic E-state index is -0.0326. The number of methoxy groups -OCH3 is 1. The zero-order valence-corrected chi connectivity index (χ0v) is 10.8. The summed E-state index contributed by atoms with van der Waals surface area (Å²) in [4.78, 5) is 0. The summed E-state index contributed by atoms with van der Waals surface area (Å²) in [6.07, 6.45) is -0.0326. The van der Waals surface area contributed by atoms with Gasteiger partial charge in [-0.25, -0.2) is 4.68 Å². The Morgan fingerprint density at radius 2 is 1.94 bits per heavy atom. The lowest BCUT2D eigenvalue weighted by Crippen LogP contribution is -2.18. The molecular weight excluding hydrogens is 204 g/mol. The SMILES string of the molecule is COC(C)c1c(CN)nnn1C(C)C(C)C. The number of aromatic nitrogens is 3. The van der Waals surface area contributed by atoms with Gasteiger partial charge in [0.15, 0.2) is 0 Å². The Morgan fingerprint density at radius 1 is 1.31 bits per heavy atom. The first-order chi connectivity index (χ1) is 7.52. The van der Waals surface area contributed by atoms with Crippen molar-refractivity contribution in [2.24, 2.45) is 11.7 Å². The van der Waals surface area contributed by atoms with Crippen molar-refractivity contribution in [2.75, 3.05) is 7.11 Å². The van der Waals surface area contributed by atoms with E-state index in [0.29, 0.717) is 18.5 Å². The molecule has 1 heterocycles. The van der Waals surface area contributed by atoms with Gasteiger partial charge in [0, 0.05) is 13.7 Å². The molecule has 5 heteroatoms. The second-order valence-electron chi connectivity index (χ2n) is 4.43. The van der Waals surface area contributed by atoms with Crippen LogP contribution in [-0.4, -0.2) is 22.1 Å². The monoisotopic (exact) mass is 226 g/mol. The van der Waals surface area contributed by atoms with Gasteiger partial charge in [-0.15, -0.1) is 5.10 Å². The highest BCUT2D eigenvalue weighted by Crippen LogP contribution is 2.25. The summed E-state index contributed by atoms with van der Waals surface area (Å²) in [6, 6.07) is 0.292. The summed E-state index contributed by atoms with van der Waals surface area (Å²) in [5, 5.41) is 8.30. The van der Waals surface area contributed by atoms with E-state index in [9.17, 15) is 0 Å². The highest BCUT2D eigenvalue weighted by Gasteiger charge is 2.22. The Bertz CT molecular complexity index is 335. The summed E-state index contributed by atoms with van der Waals surface area (Å²) in [5.41, 5.74) is 7.47. The predicted molar refractivity (Wildman–Crippen MR) is 62.9 cm³/mol. The van der Waals surface area contributed by atoms with E-state index >= 15 is 0 Å². The molecule has 0 aliphatic heterocycles. The smallest absolute Gasteiger partial charge is 0.102 e. The molecule has 1 rings (SSSR count). The van der Waals surface area contributed by atoms with E-state index in [4.69, 9.17) is 10.5 Å². The third-order valence-electron chi connectivity index (χ3n) is 3.09.